The van der Waals surface area contributed by atoms with Crippen LogP contribution in [0.25, 0.3) is 0 Å². The number of carbonyl (C=O) groups is 1. The fourth-order valence-electron chi connectivity index (χ4n) is 1.81. The maximum Gasteiger partial charge on any atom is 0.313 e. The summed E-state index contributed by atoms with van der Waals surface area (Å²) in [5.74, 6) is 0.00645. The lowest BCUT2D eigenvalue weighted by molar-refractivity contribution is -0.133. The van der Waals surface area contributed by atoms with Gasteiger partial charge in [0.2, 0.25) is 0 Å². The minimum atomic E-state index is -0.854. The normalized spacial score (nSPS) is 10.7. The Labute approximate surface area is 121 Å². The second kappa shape index (κ2) is 7.04. The molecule has 0 fully saturated rings. The van der Waals surface area contributed by atoms with E-state index in [1.807, 2.05) is 29.7 Å². The molecule has 1 N–H and O–H groups in total. The number of aromatic nitrogens is 4. The number of thioether (sulfide) groups is 1. The van der Waals surface area contributed by atoms with Crippen molar-refractivity contribution >= 4 is 17.7 Å². The average molecular weight is 292 g/mol. The van der Waals surface area contributed by atoms with E-state index in [1.54, 1.807) is 6.20 Å². The third kappa shape index (κ3) is 3.80. The van der Waals surface area contributed by atoms with E-state index < -0.39 is 5.97 Å². The summed E-state index contributed by atoms with van der Waals surface area (Å²) in [7, 11) is 0. The lowest BCUT2D eigenvalue weighted by atomic mass is 10.2. The van der Waals surface area contributed by atoms with Crippen molar-refractivity contribution < 1.29 is 9.90 Å². The molecule has 2 aromatic rings. The molecule has 0 amide bonds. The van der Waals surface area contributed by atoms with E-state index in [9.17, 15) is 4.79 Å². The number of nitrogens with zero attached hydrogens (tertiary/aromatic N) is 4. The van der Waals surface area contributed by atoms with E-state index in [0.29, 0.717) is 11.7 Å². The highest BCUT2D eigenvalue weighted by atomic mass is 32.2. The number of hydrogen-bond acceptors (Lipinski definition) is 5. The molecule has 106 valence electrons. The van der Waals surface area contributed by atoms with Crippen LogP contribution in [0.5, 0.6) is 0 Å². The Bertz CT molecular complexity index is 571. The smallest absolute Gasteiger partial charge is 0.313 e. The minimum absolute atomic E-state index is 0.00850. The van der Waals surface area contributed by atoms with Gasteiger partial charge < -0.3 is 9.67 Å². The fraction of sp³-hybridized carbons (Fsp3) is 0.385. The topological polar surface area (TPSA) is 80.9 Å². The third-order valence-corrected chi connectivity index (χ3v) is 3.70. The Kier molecular flexibility index (Phi) is 5.11. The number of carboxylic acids is 1. The molecule has 0 aromatic carbocycles. The van der Waals surface area contributed by atoms with Crippen molar-refractivity contribution in [3.63, 3.8) is 0 Å². The third-order valence-electron chi connectivity index (χ3n) is 2.75. The van der Waals surface area contributed by atoms with E-state index in [4.69, 9.17) is 5.11 Å². The molecule has 0 atom stereocenters. The zero-order valence-corrected chi connectivity index (χ0v) is 12.0. The first-order chi connectivity index (χ1) is 9.70. The second-order valence-electron chi connectivity index (χ2n) is 4.16. The quantitative estimate of drug-likeness (QED) is 0.782. The van der Waals surface area contributed by atoms with Crippen molar-refractivity contribution in [3.05, 3.63) is 35.9 Å². The molecule has 0 spiro atoms. The van der Waals surface area contributed by atoms with Crippen LogP contribution in [0.2, 0.25) is 0 Å². The molecule has 0 bridgehead atoms. The van der Waals surface area contributed by atoms with Gasteiger partial charge in [0.1, 0.15) is 5.82 Å². The van der Waals surface area contributed by atoms with Gasteiger partial charge in [-0.05, 0) is 12.1 Å². The summed E-state index contributed by atoms with van der Waals surface area (Å²) in [5, 5.41) is 17.6. The van der Waals surface area contributed by atoms with Crippen LogP contribution in [0, 0.1) is 0 Å². The Balaban J connectivity index is 2.08. The molecule has 6 nitrogen and oxygen atoms in total. The molecule has 0 unspecified atom stereocenters. The van der Waals surface area contributed by atoms with Crippen LogP contribution < -0.4 is 0 Å². The predicted molar refractivity (Wildman–Crippen MR) is 75.7 cm³/mol. The van der Waals surface area contributed by atoms with Gasteiger partial charge in [0.05, 0.1) is 5.75 Å². The molecule has 0 aliphatic rings. The average Bonchev–Trinajstić information content (AvgIpc) is 2.86. The molecule has 2 rings (SSSR count). The number of rotatable bonds is 7. The molecular formula is C13H16N4O2S. The number of aliphatic carboxylic acids is 1. The number of carboxylic acid groups (broad SMARTS) is 1. The first kappa shape index (κ1) is 14.5. The summed E-state index contributed by atoms with van der Waals surface area (Å²) in [6.07, 6.45) is 3.30. The van der Waals surface area contributed by atoms with Gasteiger partial charge in [-0.2, -0.15) is 0 Å². The van der Waals surface area contributed by atoms with Crippen LogP contribution in [0.15, 0.2) is 29.6 Å². The highest BCUT2D eigenvalue weighted by Gasteiger charge is 2.12. The zero-order valence-electron chi connectivity index (χ0n) is 11.2. The molecule has 0 aliphatic heterocycles. The Morgan fingerprint density at radius 2 is 2.25 bits per heavy atom. The molecule has 0 saturated carbocycles. The van der Waals surface area contributed by atoms with Crippen molar-refractivity contribution in [1.29, 1.82) is 0 Å². The monoisotopic (exact) mass is 292 g/mol. The van der Waals surface area contributed by atoms with Crippen molar-refractivity contribution in [3.8, 4) is 0 Å². The van der Waals surface area contributed by atoms with E-state index in [2.05, 4.69) is 15.2 Å². The summed E-state index contributed by atoms with van der Waals surface area (Å²) in [6, 6.07) is 5.81. The molecule has 2 heterocycles. The van der Waals surface area contributed by atoms with Crippen LogP contribution in [0.4, 0.5) is 0 Å². The first-order valence-corrected chi connectivity index (χ1v) is 7.36. The van der Waals surface area contributed by atoms with Crippen LogP contribution in [-0.2, 0) is 24.2 Å². The summed E-state index contributed by atoms with van der Waals surface area (Å²) < 4.78 is 1.97. The lowest BCUT2D eigenvalue weighted by Crippen LogP contribution is -2.09. The Morgan fingerprint density at radius 3 is 2.90 bits per heavy atom. The molecule has 2 aromatic heterocycles. The van der Waals surface area contributed by atoms with E-state index in [1.165, 1.54) is 11.8 Å². The molecule has 0 radical (unpaired) electrons. The second-order valence-corrected chi connectivity index (χ2v) is 5.10. The largest absolute Gasteiger partial charge is 0.481 e. The van der Waals surface area contributed by atoms with Crippen LogP contribution in [-0.4, -0.2) is 36.6 Å². The Morgan fingerprint density at radius 1 is 1.40 bits per heavy atom. The predicted octanol–water partition coefficient (Wildman–Crippen LogP) is 1.65. The van der Waals surface area contributed by atoms with Gasteiger partial charge in [0.25, 0.3) is 0 Å². The van der Waals surface area contributed by atoms with Crippen LogP contribution in [0.1, 0.15) is 18.4 Å². The van der Waals surface area contributed by atoms with E-state index in [-0.39, 0.29) is 5.75 Å². The first-order valence-electron chi connectivity index (χ1n) is 6.37. The lowest BCUT2D eigenvalue weighted by Gasteiger charge is -2.08. The van der Waals surface area contributed by atoms with Gasteiger partial charge in [0.15, 0.2) is 5.16 Å². The molecule has 0 saturated heterocycles. The van der Waals surface area contributed by atoms with E-state index in [0.717, 1.165) is 24.4 Å². The minimum Gasteiger partial charge on any atom is -0.481 e. The highest BCUT2D eigenvalue weighted by Crippen LogP contribution is 2.17. The maximum atomic E-state index is 10.7. The summed E-state index contributed by atoms with van der Waals surface area (Å²) in [6.45, 7) is 2.71. The van der Waals surface area contributed by atoms with Crippen molar-refractivity contribution in [1.82, 2.24) is 19.7 Å². The van der Waals surface area contributed by atoms with Crippen LogP contribution >= 0.6 is 11.8 Å². The summed E-state index contributed by atoms with van der Waals surface area (Å²) in [5.41, 5.74) is 0.998. The fourth-order valence-corrected chi connectivity index (χ4v) is 2.51. The SMILES string of the molecule is CCc1nnc(SCC(=O)O)n1CCc1ccccn1. The van der Waals surface area contributed by atoms with Crippen molar-refractivity contribution in [2.45, 2.75) is 31.5 Å². The Hall–Kier alpha value is -1.89. The van der Waals surface area contributed by atoms with Crippen molar-refractivity contribution in [2.24, 2.45) is 0 Å². The van der Waals surface area contributed by atoms with Crippen LogP contribution in [0.3, 0.4) is 0 Å². The standard InChI is InChI=1S/C13H16N4O2S/c1-2-11-15-16-13(20-9-12(18)19)17(11)8-6-10-5-3-4-7-14-10/h3-5,7H,2,6,8-9H2,1H3,(H,18,19). The van der Waals surface area contributed by atoms with E-state index >= 15 is 0 Å². The number of aryl methyl sites for hydroxylation is 2. The molecule has 20 heavy (non-hydrogen) atoms. The van der Waals surface area contributed by atoms with Gasteiger partial charge >= 0.3 is 5.97 Å². The summed E-state index contributed by atoms with van der Waals surface area (Å²) >= 11 is 1.20. The zero-order chi connectivity index (χ0) is 14.4. The van der Waals surface area contributed by atoms with Gasteiger partial charge in [-0.1, -0.05) is 24.8 Å². The number of hydrogen-bond donors (Lipinski definition) is 1. The number of pyridine rings is 1. The van der Waals surface area contributed by atoms with Crippen molar-refractivity contribution in [2.75, 3.05) is 5.75 Å². The molecule has 7 heteroatoms. The maximum absolute atomic E-state index is 10.7. The van der Waals surface area contributed by atoms with Gasteiger partial charge in [-0.25, -0.2) is 0 Å². The van der Waals surface area contributed by atoms with Gasteiger partial charge in [0, 0.05) is 31.3 Å². The molecular weight excluding hydrogens is 276 g/mol. The van der Waals surface area contributed by atoms with Gasteiger partial charge in [-0.15, -0.1) is 10.2 Å². The summed E-state index contributed by atoms with van der Waals surface area (Å²) in [4.78, 5) is 14.9. The highest BCUT2D eigenvalue weighted by molar-refractivity contribution is 7.99. The molecule has 0 aliphatic carbocycles. The van der Waals surface area contributed by atoms with Gasteiger partial charge in [-0.3, -0.25) is 9.78 Å².